The third-order valence-electron chi connectivity index (χ3n) is 3.87. The van der Waals surface area contributed by atoms with Gasteiger partial charge in [0.15, 0.2) is 0 Å². The molecule has 5 nitrogen and oxygen atoms in total. The Labute approximate surface area is 143 Å². The summed E-state index contributed by atoms with van der Waals surface area (Å²) in [4.78, 5) is 14.0. The van der Waals surface area contributed by atoms with Gasteiger partial charge >= 0.3 is 0 Å². The van der Waals surface area contributed by atoms with Crippen molar-refractivity contribution in [1.82, 2.24) is 15.1 Å². The van der Waals surface area contributed by atoms with Gasteiger partial charge in [-0.2, -0.15) is 5.10 Å². The van der Waals surface area contributed by atoms with Crippen molar-refractivity contribution in [2.75, 3.05) is 18.9 Å². The van der Waals surface area contributed by atoms with E-state index in [9.17, 15) is 4.79 Å². The summed E-state index contributed by atoms with van der Waals surface area (Å²) >= 11 is 0. The highest BCUT2D eigenvalue weighted by Crippen LogP contribution is 2.24. The molecule has 0 saturated carbocycles. The summed E-state index contributed by atoms with van der Waals surface area (Å²) in [6.45, 7) is 9.47. The fourth-order valence-electron chi connectivity index (χ4n) is 2.44. The first-order chi connectivity index (χ1) is 11.5. The molecular weight excluding hydrogens is 300 g/mol. The Morgan fingerprint density at radius 2 is 2.04 bits per heavy atom. The molecule has 0 saturated heterocycles. The monoisotopic (exact) mass is 326 g/mol. The average molecular weight is 326 g/mol. The minimum absolute atomic E-state index is 0.164. The minimum Gasteiger partial charge on any atom is -0.322 e. The summed E-state index contributed by atoms with van der Waals surface area (Å²) in [7, 11) is 2.13. The number of carbonyl (C=O) groups is 1. The molecule has 1 aromatic carbocycles. The zero-order valence-electron chi connectivity index (χ0n) is 14.7. The average Bonchev–Trinajstić information content (AvgIpc) is 3.01. The van der Waals surface area contributed by atoms with Crippen LogP contribution >= 0.6 is 0 Å². The predicted octanol–water partition coefficient (Wildman–Crippen LogP) is 3.82. The Morgan fingerprint density at radius 1 is 1.33 bits per heavy atom. The molecule has 1 aromatic heterocycles. The zero-order chi connectivity index (χ0) is 17.5. The molecule has 24 heavy (non-hydrogen) atoms. The molecule has 128 valence electrons. The number of aromatic amines is 1. The highest BCUT2D eigenvalue weighted by Gasteiger charge is 2.10. The third kappa shape index (κ3) is 4.80. The molecule has 0 bridgehead atoms. The maximum atomic E-state index is 11.7. The second-order valence-corrected chi connectivity index (χ2v) is 6.17. The van der Waals surface area contributed by atoms with E-state index in [0.29, 0.717) is 5.57 Å². The van der Waals surface area contributed by atoms with Crippen LogP contribution < -0.4 is 5.32 Å². The number of H-pyrrole nitrogens is 1. The van der Waals surface area contributed by atoms with Crippen LogP contribution in [0.5, 0.6) is 0 Å². The Bertz CT molecular complexity index is 688. The van der Waals surface area contributed by atoms with Gasteiger partial charge in [0, 0.05) is 28.9 Å². The van der Waals surface area contributed by atoms with Gasteiger partial charge in [-0.25, -0.2) is 0 Å². The van der Waals surface area contributed by atoms with E-state index < -0.39 is 0 Å². The van der Waals surface area contributed by atoms with E-state index in [2.05, 4.69) is 41.0 Å². The van der Waals surface area contributed by atoms with E-state index in [1.165, 1.54) is 18.4 Å². The van der Waals surface area contributed by atoms with Crippen LogP contribution in [0.1, 0.15) is 32.3 Å². The van der Waals surface area contributed by atoms with Gasteiger partial charge in [-0.3, -0.25) is 9.89 Å². The van der Waals surface area contributed by atoms with Gasteiger partial charge < -0.3 is 10.2 Å². The Hall–Kier alpha value is -2.40. The quantitative estimate of drug-likeness (QED) is 0.725. The van der Waals surface area contributed by atoms with Crippen molar-refractivity contribution in [3.63, 3.8) is 0 Å². The van der Waals surface area contributed by atoms with E-state index in [0.717, 1.165) is 30.0 Å². The number of rotatable bonds is 8. The topological polar surface area (TPSA) is 61.0 Å². The van der Waals surface area contributed by atoms with Crippen LogP contribution in [-0.4, -0.2) is 34.6 Å². The van der Waals surface area contributed by atoms with E-state index in [-0.39, 0.29) is 5.91 Å². The Kier molecular flexibility index (Phi) is 6.32. The molecule has 0 aliphatic heterocycles. The lowest BCUT2D eigenvalue weighted by Crippen LogP contribution is -2.19. The van der Waals surface area contributed by atoms with E-state index in [1.807, 2.05) is 30.5 Å². The molecule has 0 fully saturated rings. The maximum absolute atomic E-state index is 11.7. The predicted molar refractivity (Wildman–Crippen MR) is 98.7 cm³/mol. The third-order valence-corrected chi connectivity index (χ3v) is 3.87. The number of aromatic nitrogens is 2. The van der Waals surface area contributed by atoms with Crippen LogP contribution in [0.25, 0.3) is 11.3 Å². The van der Waals surface area contributed by atoms with Crippen LogP contribution in [0.15, 0.2) is 42.6 Å². The summed E-state index contributed by atoms with van der Waals surface area (Å²) < 4.78 is 0. The maximum Gasteiger partial charge on any atom is 0.250 e. The molecule has 0 atom stereocenters. The smallest absolute Gasteiger partial charge is 0.250 e. The molecule has 2 N–H and O–H groups in total. The normalized spacial score (nSPS) is 10.8. The molecule has 1 amide bonds. The van der Waals surface area contributed by atoms with Crippen LogP contribution in [0, 0.1) is 0 Å². The van der Waals surface area contributed by atoms with Crippen molar-refractivity contribution in [2.45, 2.75) is 33.2 Å². The minimum atomic E-state index is -0.164. The number of amides is 1. The number of hydrogen-bond acceptors (Lipinski definition) is 3. The molecule has 0 unspecified atom stereocenters. The molecule has 0 spiro atoms. The lowest BCUT2D eigenvalue weighted by molar-refractivity contribution is -0.112. The number of unbranched alkanes of at least 4 members (excludes halogenated alkanes) is 1. The van der Waals surface area contributed by atoms with Gasteiger partial charge in [0.05, 0.1) is 11.9 Å². The van der Waals surface area contributed by atoms with E-state index in [1.54, 1.807) is 6.92 Å². The summed E-state index contributed by atoms with van der Waals surface area (Å²) in [6.07, 6.45) is 4.27. The lowest BCUT2D eigenvalue weighted by Gasteiger charge is -2.16. The molecule has 0 radical (unpaired) electrons. The Morgan fingerprint density at radius 3 is 2.67 bits per heavy atom. The number of carbonyl (C=O) groups excluding carboxylic acids is 1. The highest BCUT2D eigenvalue weighted by atomic mass is 16.1. The molecule has 0 aliphatic carbocycles. The first-order valence-electron chi connectivity index (χ1n) is 8.29. The SMILES string of the molecule is C=C(C)C(=O)Nc1ccc(-c2[nH]ncc2CN(C)CCCC)cc1. The number of anilines is 1. The van der Waals surface area contributed by atoms with E-state index in [4.69, 9.17) is 0 Å². The summed E-state index contributed by atoms with van der Waals surface area (Å²) in [6, 6.07) is 7.75. The van der Waals surface area contributed by atoms with Crippen molar-refractivity contribution in [3.8, 4) is 11.3 Å². The first-order valence-corrected chi connectivity index (χ1v) is 8.29. The molecule has 5 heteroatoms. The van der Waals surface area contributed by atoms with Gasteiger partial charge in [-0.1, -0.05) is 32.1 Å². The number of nitrogens with one attached hydrogen (secondary N) is 2. The molecule has 1 heterocycles. The molecule has 2 aromatic rings. The number of nitrogens with zero attached hydrogens (tertiary/aromatic N) is 2. The van der Waals surface area contributed by atoms with Crippen LogP contribution in [0.3, 0.4) is 0 Å². The standard InChI is InChI=1S/C19H26N4O/c1-5-6-11-23(4)13-16-12-20-22-18(16)15-7-9-17(10-8-15)21-19(24)14(2)3/h7-10,12H,2,5-6,11,13H2,1,3-4H3,(H,20,22)(H,21,24). The van der Waals surface area contributed by atoms with Crippen molar-refractivity contribution in [1.29, 1.82) is 0 Å². The summed E-state index contributed by atoms with van der Waals surface area (Å²) in [5.41, 5.74) is 4.50. The Balaban J connectivity index is 2.08. The molecular formula is C19H26N4O. The van der Waals surface area contributed by atoms with Crippen molar-refractivity contribution in [3.05, 3.63) is 48.2 Å². The summed E-state index contributed by atoms with van der Waals surface area (Å²) in [5.74, 6) is -0.164. The molecule has 0 aliphatic rings. The second-order valence-electron chi connectivity index (χ2n) is 6.17. The summed E-state index contributed by atoms with van der Waals surface area (Å²) in [5, 5.41) is 10.1. The fraction of sp³-hybridized carbons (Fsp3) is 0.368. The van der Waals surface area contributed by atoms with Crippen molar-refractivity contribution in [2.24, 2.45) is 0 Å². The van der Waals surface area contributed by atoms with E-state index >= 15 is 0 Å². The van der Waals surface area contributed by atoms with Gasteiger partial charge in [0.1, 0.15) is 0 Å². The highest BCUT2D eigenvalue weighted by molar-refractivity contribution is 6.02. The fourth-order valence-corrected chi connectivity index (χ4v) is 2.44. The van der Waals surface area contributed by atoms with Crippen LogP contribution in [-0.2, 0) is 11.3 Å². The largest absolute Gasteiger partial charge is 0.322 e. The molecule has 2 rings (SSSR count). The van der Waals surface area contributed by atoms with Gasteiger partial charge in [0.2, 0.25) is 0 Å². The van der Waals surface area contributed by atoms with Gasteiger partial charge in [-0.05, 0) is 39.1 Å². The first kappa shape index (κ1) is 17.9. The lowest BCUT2D eigenvalue weighted by atomic mass is 10.1. The van der Waals surface area contributed by atoms with Crippen LogP contribution in [0.2, 0.25) is 0 Å². The second kappa shape index (κ2) is 8.45. The van der Waals surface area contributed by atoms with Crippen LogP contribution in [0.4, 0.5) is 5.69 Å². The van der Waals surface area contributed by atoms with Crippen molar-refractivity contribution >= 4 is 11.6 Å². The van der Waals surface area contributed by atoms with Gasteiger partial charge in [-0.15, -0.1) is 0 Å². The number of hydrogen-bond donors (Lipinski definition) is 2. The van der Waals surface area contributed by atoms with Crippen molar-refractivity contribution < 1.29 is 4.79 Å². The zero-order valence-corrected chi connectivity index (χ0v) is 14.7. The number of benzene rings is 1. The van der Waals surface area contributed by atoms with Gasteiger partial charge in [0.25, 0.3) is 5.91 Å².